The van der Waals surface area contributed by atoms with Crippen molar-refractivity contribution in [1.82, 2.24) is 10.2 Å². The first-order valence-electron chi connectivity index (χ1n) is 7.55. The summed E-state index contributed by atoms with van der Waals surface area (Å²) in [6.45, 7) is 4.59. The molecule has 2 aliphatic rings. The predicted octanol–water partition coefficient (Wildman–Crippen LogP) is 2.28. The molecule has 21 heavy (non-hydrogen) atoms. The molecule has 0 spiro atoms. The molecule has 1 amide bonds. The SMILES string of the molecule is C=CC(=O)N[C@H]1CCN(C2CC2)[C@@H]1c1cccc(OC)c1. The van der Waals surface area contributed by atoms with Crippen molar-refractivity contribution >= 4 is 5.91 Å². The molecule has 1 aromatic carbocycles. The van der Waals surface area contributed by atoms with E-state index in [2.05, 4.69) is 28.9 Å². The summed E-state index contributed by atoms with van der Waals surface area (Å²) in [6.07, 6.45) is 4.87. The molecule has 2 atom stereocenters. The van der Waals surface area contributed by atoms with Gasteiger partial charge in [-0.1, -0.05) is 18.7 Å². The van der Waals surface area contributed by atoms with E-state index < -0.39 is 0 Å². The van der Waals surface area contributed by atoms with Gasteiger partial charge in [-0.15, -0.1) is 0 Å². The molecule has 3 rings (SSSR count). The van der Waals surface area contributed by atoms with Crippen LogP contribution in [0, 0.1) is 0 Å². The highest BCUT2D eigenvalue weighted by atomic mass is 16.5. The molecule has 1 saturated heterocycles. The number of carbonyl (C=O) groups is 1. The van der Waals surface area contributed by atoms with Crippen molar-refractivity contribution in [1.29, 1.82) is 0 Å². The number of nitrogens with zero attached hydrogens (tertiary/aromatic N) is 1. The minimum atomic E-state index is -0.0921. The van der Waals surface area contributed by atoms with E-state index in [-0.39, 0.29) is 18.0 Å². The number of rotatable bonds is 5. The van der Waals surface area contributed by atoms with E-state index in [9.17, 15) is 4.79 Å². The van der Waals surface area contributed by atoms with Crippen LogP contribution in [0.3, 0.4) is 0 Å². The first kappa shape index (κ1) is 14.1. The largest absolute Gasteiger partial charge is 0.497 e. The summed E-state index contributed by atoms with van der Waals surface area (Å²) in [5, 5.41) is 3.09. The second kappa shape index (κ2) is 5.90. The van der Waals surface area contributed by atoms with Crippen LogP contribution in [-0.2, 0) is 4.79 Å². The van der Waals surface area contributed by atoms with Gasteiger partial charge in [0.05, 0.1) is 19.2 Å². The Morgan fingerprint density at radius 1 is 1.43 bits per heavy atom. The van der Waals surface area contributed by atoms with E-state index >= 15 is 0 Å². The van der Waals surface area contributed by atoms with Gasteiger partial charge in [-0.3, -0.25) is 9.69 Å². The number of methoxy groups -OCH3 is 1. The zero-order valence-electron chi connectivity index (χ0n) is 12.4. The molecule has 1 aromatic rings. The molecule has 1 aliphatic carbocycles. The van der Waals surface area contributed by atoms with Crippen LogP contribution in [-0.4, -0.2) is 36.5 Å². The predicted molar refractivity (Wildman–Crippen MR) is 82.2 cm³/mol. The van der Waals surface area contributed by atoms with Crippen molar-refractivity contribution < 1.29 is 9.53 Å². The minimum Gasteiger partial charge on any atom is -0.497 e. The standard InChI is InChI=1S/C17H22N2O2/c1-3-16(20)18-15-9-10-19(13-7-8-13)17(15)12-5-4-6-14(11-12)21-2/h3-6,11,13,15,17H,1,7-10H2,2H3,(H,18,20)/t15-,17+/m0/s1. The van der Waals surface area contributed by atoms with Gasteiger partial charge in [-0.2, -0.15) is 0 Å². The summed E-state index contributed by atoms with van der Waals surface area (Å²) in [4.78, 5) is 14.2. The van der Waals surface area contributed by atoms with Gasteiger partial charge in [0.2, 0.25) is 5.91 Å². The number of likely N-dealkylation sites (tertiary alicyclic amines) is 1. The topological polar surface area (TPSA) is 41.6 Å². The molecule has 1 heterocycles. The Bertz CT molecular complexity index is 539. The Kier molecular flexibility index (Phi) is 3.97. The highest BCUT2D eigenvalue weighted by Crippen LogP contribution is 2.41. The Morgan fingerprint density at radius 3 is 2.90 bits per heavy atom. The summed E-state index contributed by atoms with van der Waals surface area (Å²) in [6, 6.07) is 9.23. The summed E-state index contributed by atoms with van der Waals surface area (Å²) >= 11 is 0. The van der Waals surface area contributed by atoms with Crippen LogP contribution < -0.4 is 10.1 Å². The first-order chi connectivity index (χ1) is 10.2. The highest BCUT2D eigenvalue weighted by molar-refractivity contribution is 5.87. The monoisotopic (exact) mass is 286 g/mol. The summed E-state index contributed by atoms with van der Waals surface area (Å²) in [5.41, 5.74) is 1.22. The molecule has 0 aromatic heterocycles. The van der Waals surface area contributed by atoms with Crippen LogP contribution in [0.1, 0.15) is 30.9 Å². The lowest BCUT2D eigenvalue weighted by molar-refractivity contribution is -0.117. The summed E-state index contributed by atoms with van der Waals surface area (Å²) in [7, 11) is 1.68. The van der Waals surface area contributed by atoms with Gasteiger partial charge in [0.15, 0.2) is 0 Å². The van der Waals surface area contributed by atoms with Crippen LogP contribution in [0.5, 0.6) is 5.75 Å². The third-order valence-corrected chi connectivity index (χ3v) is 4.40. The number of benzene rings is 1. The van der Waals surface area contributed by atoms with E-state index in [1.165, 1.54) is 24.5 Å². The highest BCUT2D eigenvalue weighted by Gasteiger charge is 2.43. The number of amides is 1. The number of hydrogen-bond donors (Lipinski definition) is 1. The number of hydrogen-bond acceptors (Lipinski definition) is 3. The Balaban J connectivity index is 1.87. The fourth-order valence-corrected chi connectivity index (χ4v) is 3.27. The number of nitrogens with one attached hydrogen (secondary N) is 1. The Labute approximate surface area is 125 Å². The lowest BCUT2D eigenvalue weighted by atomic mass is 9.99. The van der Waals surface area contributed by atoms with E-state index in [4.69, 9.17) is 4.74 Å². The molecule has 1 aliphatic heterocycles. The Morgan fingerprint density at radius 2 is 2.24 bits per heavy atom. The van der Waals surface area contributed by atoms with Crippen LogP contribution >= 0.6 is 0 Å². The maximum atomic E-state index is 11.7. The maximum absolute atomic E-state index is 11.7. The molecule has 1 saturated carbocycles. The van der Waals surface area contributed by atoms with Crippen molar-refractivity contribution in [2.24, 2.45) is 0 Å². The second-order valence-electron chi connectivity index (χ2n) is 5.80. The average molecular weight is 286 g/mol. The van der Waals surface area contributed by atoms with Crippen molar-refractivity contribution in [3.63, 3.8) is 0 Å². The van der Waals surface area contributed by atoms with Crippen LogP contribution in [0.15, 0.2) is 36.9 Å². The quantitative estimate of drug-likeness (QED) is 0.844. The molecule has 0 radical (unpaired) electrons. The van der Waals surface area contributed by atoms with Gasteiger partial charge in [0, 0.05) is 12.6 Å². The molecule has 0 unspecified atom stereocenters. The second-order valence-corrected chi connectivity index (χ2v) is 5.80. The van der Waals surface area contributed by atoms with Crippen molar-refractivity contribution in [2.45, 2.75) is 37.4 Å². The summed E-state index contributed by atoms with van der Waals surface area (Å²) in [5.74, 6) is 0.773. The third-order valence-electron chi connectivity index (χ3n) is 4.40. The van der Waals surface area contributed by atoms with Gasteiger partial charge in [0.1, 0.15) is 5.75 Å². The van der Waals surface area contributed by atoms with Crippen LogP contribution in [0.2, 0.25) is 0 Å². The molecule has 2 fully saturated rings. The lowest BCUT2D eigenvalue weighted by Crippen LogP contribution is -2.39. The smallest absolute Gasteiger partial charge is 0.243 e. The molecule has 112 valence electrons. The average Bonchev–Trinajstić information content (AvgIpc) is 3.28. The molecule has 1 N–H and O–H groups in total. The molecule has 0 bridgehead atoms. The third kappa shape index (κ3) is 2.95. The van der Waals surface area contributed by atoms with Crippen LogP contribution in [0.4, 0.5) is 0 Å². The van der Waals surface area contributed by atoms with Crippen molar-refractivity contribution in [2.75, 3.05) is 13.7 Å². The zero-order chi connectivity index (χ0) is 14.8. The van der Waals surface area contributed by atoms with Gasteiger partial charge in [0.25, 0.3) is 0 Å². The fraction of sp³-hybridized carbons (Fsp3) is 0.471. The Hall–Kier alpha value is -1.81. The van der Waals surface area contributed by atoms with Gasteiger partial charge >= 0.3 is 0 Å². The fourth-order valence-electron chi connectivity index (χ4n) is 3.27. The molecular formula is C17H22N2O2. The normalized spacial score (nSPS) is 25.6. The van der Waals surface area contributed by atoms with Crippen molar-refractivity contribution in [3.05, 3.63) is 42.5 Å². The minimum absolute atomic E-state index is 0.0921. The van der Waals surface area contributed by atoms with E-state index in [1.807, 2.05) is 12.1 Å². The number of ether oxygens (including phenoxy) is 1. The zero-order valence-corrected chi connectivity index (χ0v) is 12.4. The van der Waals surface area contributed by atoms with E-state index in [0.717, 1.165) is 18.7 Å². The summed E-state index contributed by atoms with van der Waals surface area (Å²) < 4.78 is 5.34. The van der Waals surface area contributed by atoms with Crippen LogP contribution in [0.25, 0.3) is 0 Å². The molecule has 4 nitrogen and oxygen atoms in total. The van der Waals surface area contributed by atoms with Gasteiger partial charge < -0.3 is 10.1 Å². The lowest BCUT2D eigenvalue weighted by Gasteiger charge is -2.29. The van der Waals surface area contributed by atoms with E-state index in [1.54, 1.807) is 7.11 Å². The first-order valence-corrected chi connectivity index (χ1v) is 7.55. The van der Waals surface area contributed by atoms with Gasteiger partial charge in [-0.05, 0) is 43.0 Å². The van der Waals surface area contributed by atoms with E-state index in [0.29, 0.717) is 6.04 Å². The molecular weight excluding hydrogens is 264 g/mol. The maximum Gasteiger partial charge on any atom is 0.243 e. The molecule has 4 heteroatoms. The number of carbonyl (C=O) groups excluding carboxylic acids is 1. The van der Waals surface area contributed by atoms with Gasteiger partial charge in [-0.25, -0.2) is 0 Å². The van der Waals surface area contributed by atoms with Crippen molar-refractivity contribution in [3.8, 4) is 5.75 Å².